The minimum absolute atomic E-state index is 0. The monoisotopic (exact) mass is 304 g/mol. The van der Waals surface area contributed by atoms with Gasteiger partial charge in [-0.3, -0.25) is 4.79 Å². The van der Waals surface area contributed by atoms with Crippen LogP contribution < -0.4 is 10.6 Å². The summed E-state index contributed by atoms with van der Waals surface area (Å²) in [5.41, 5.74) is -0.156. The van der Waals surface area contributed by atoms with Gasteiger partial charge < -0.3 is 10.6 Å². The van der Waals surface area contributed by atoms with Crippen LogP contribution in [0, 0.1) is 17.0 Å². The Hall–Kier alpha value is -1.20. The lowest BCUT2D eigenvalue weighted by atomic mass is 9.82. The van der Waals surface area contributed by atoms with Gasteiger partial charge in [-0.05, 0) is 32.4 Å². The zero-order valence-electron chi connectivity index (χ0n) is 11.3. The first kappa shape index (κ1) is 16.9. The summed E-state index contributed by atoms with van der Waals surface area (Å²) in [6.45, 7) is 3.54. The molecule has 0 aromatic heterocycles. The molecule has 112 valence electrons. The van der Waals surface area contributed by atoms with Gasteiger partial charge in [0.1, 0.15) is 11.6 Å². The first-order valence-corrected chi connectivity index (χ1v) is 6.44. The van der Waals surface area contributed by atoms with Gasteiger partial charge >= 0.3 is 0 Å². The summed E-state index contributed by atoms with van der Waals surface area (Å²) >= 11 is 0. The Morgan fingerprint density at radius 1 is 1.45 bits per heavy atom. The van der Waals surface area contributed by atoms with Gasteiger partial charge in [-0.1, -0.05) is 6.07 Å². The third-order valence-corrected chi connectivity index (χ3v) is 3.60. The molecule has 6 heteroatoms. The van der Waals surface area contributed by atoms with Crippen molar-refractivity contribution in [1.82, 2.24) is 10.6 Å². The number of halogens is 3. The fourth-order valence-corrected chi connectivity index (χ4v) is 2.30. The third kappa shape index (κ3) is 3.90. The molecule has 1 fully saturated rings. The highest BCUT2D eigenvalue weighted by molar-refractivity contribution is 5.85. The molecule has 0 aliphatic carbocycles. The van der Waals surface area contributed by atoms with Crippen LogP contribution in [0.15, 0.2) is 18.2 Å². The van der Waals surface area contributed by atoms with Crippen LogP contribution in [0.25, 0.3) is 0 Å². The van der Waals surface area contributed by atoms with Crippen LogP contribution in [0.4, 0.5) is 8.78 Å². The van der Waals surface area contributed by atoms with Crippen molar-refractivity contribution in [2.24, 2.45) is 5.41 Å². The molecule has 0 saturated carbocycles. The largest absolute Gasteiger partial charge is 0.351 e. The summed E-state index contributed by atoms with van der Waals surface area (Å²) in [7, 11) is 0. The van der Waals surface area contributed by atoms with E-state index in [1.54, 1.807) is 0 Å². The maximum Gasteiger partial charge on any atom is 0.227 e. The van der Waals surface area contributed by atoms with Gasteiger partial charge in [0.15, 0.2) is 0 Å². The predicted octanol–water partition coefficient (Wildman–Crippen LogP) is 2.39. The molecule has 0 radical (unpaired) electrons. The SMILES string of the molecule is CC1(C(=O)NCc2ccc(F)cc2F)CCCNC1.Cl. The van der Waals surface area contributed by atoms with Gasteiger partial charge in [0.25, 0.3) is 0 Å². The second-order valence-electron chi connectivity index (χ2n) is 5.26. The van der Waals surface area contributed by atoms with E-state index in [1.807, 2.05) is 6.92 Å². The van der Waals surface area contributed by atoms with Gasteiger partial charge in [-0.15, -0.1) is 12.4 Å². The molecule has 1 saturated heterocycles. The molecule has 20 heavy (non-hydrogen) atoms. The minimum atomic E-state index is -0.632. The average Bonchev–Trinajstić information content (AvgIpc) is 2.38. The number of hydrogen-bond acceptors (Lipinski definition) is 2. The van der Waals surface area contributed by atoms with E-state index in [4.69, 9.17) is 0 Å². The lowest BCUT2D eigenvalue weighted by molar-refractivity contribution is -0.131. The molecule has 1 aromatic rings. The standard InChI is InChI=1S/C14H18F2N2O.ClH/c1-14(5-2-6-17-9-14)13(19)18-8-10-3-4-11(15)7-12(10)16;/h3-4,7,17H,2,5-6,8-9H2,1H3,(H,18,19);1H. The van der Waals surface area contributed by atoms with E-state index in [0.717, 1.165) is 25.5 Å². The smallest absolute Gasteiger partial charge is 0.227 e. The Kier molecular flexibility index (Phi) is 5.89. The van der Waals surface area contributed by atoms with E-state index in [-0.39, 0.29) is 24.9 Å². The number of rotatable bonds is 3. The summed E-state index contributed by atoms with van der Waals surface area (Å²) in [5.74, 6) is -1.34. The van der Waals surface area contributed by atoms with E-state index in [1.165, 1.54) is 12.1 Å². The molecule has 1 aromatic carbocycles. The van der Waals surface area contributed by atoms with Crippen LogP contribution >= 0.6 is 12.4 Å². The van der Waals surface area contributed by atoms with E-state index in [9.17, 15) is 13.6 Å². The lowest BCUT2D eigenvalue weighted by Crippen LogP contribution is -2.48. The van der Waals surface area contributed by atoms with Crippen molar-refractivity contribution in [3.63, 3.8) is 0 Å². The van der Waals surface area contributed by atoms with Gasteiger partial charge in [0.2, 0.25) is 5.91 Å². The first-order valence-electron chi connectivity index (χ1n) is 6.44. The average molecular weight is 305 g/mol. The van der Waals surface area contributed by atoms with E-state index in [2.05, 4.69) is 10.6 Å². The fourth-order valence-electron chi connectivity index (χ4n) is 2.30. The van der Waals surface area contributed by atoms with E-state index < -0.39 is 17.0 Å². The molecule has 1 amide bonds. The summed E-state index contributed by atoms with van der Waals surface area (Å²) < 4.78 is 26.2. The molecular formula is C14H19ClF2N2O. The second-order valence-corrected chi connectivity index (χ2v) is 5.26. The fraction of sp³-hybridized carbons (Fsp3) is 0.500. The molecule has 3 nitrogen and oxygen atoms in total. The second kappa shape index (κ2) is 6.99. The van der Waals surface area contributed by atoms with Crippen molar-refractivity contribution in [2.75, 3.05) is 13.1 Å². The lowest BCUT2D eigenvalue weighted by Gasteiger charge is -2.32. The van der Waals surface area contributed by atoms with Crippen molar-refractivity contribution in [1.29, 1.82) is 0 Å². The van der Waals surface area contributed by atoms with Crippen molar-refractivity contribution in [3.05, 3.63) is 35.4 Å². The Balaban J connectivity index is 0.00000200. The topological polar surface area (TPSA) is 41.1 Å². The summed E-state index contributed by atoms with van der Waals surface area (Å²) in [5, 5.41) is 5.92. The number of nitrogens with one attached hydrogen (secondary N) is 2. The van der Waals surface area contributed by atoms with Crippen LogP contribution in [0.3, 0.4) is 0 Å². The van der Waals surface area contributed by atoms with Crippen molar-refractivity contribution < 1.29 is 13.6 Å². The van der Waals surface area contributed by atoms with E-state index >= 15 is 0 Å². The summed E-state index contributed by atoms with van der Waals surface area (Å²) in [6, 6.07) is 3.37. The molecule has 0 spiro atoms. The van der Waals surface area contributed by atoms with Crippen molar-refractivity contribution in [3.8, 4) is 0 Å². The van der Waals surface area contributed by atoms with Gasteiger partial charge in [-0.2, -0.15) is 0 Å². The number of benzene rings is 1. The molecule has 0 bridgehead atoms. The highest BCUT2D eigenvalue weighted by atomic mass is 35.5. The van der Waals surface area contributed by atoms with Crippen LogP contribution in [-0.4, -0.2) is 19.0 Å². The predicted molar refractivity (Wildman–Crippen MR) is 75.7 cm³/mol. The first-order chi connectivity index (χ1) is 9.01. The molecular weight excluding hydrogens is 286 g/mol. The molecule has 1 atom stereocenters. The molecule has 2 rings (SSSR count). The minimum Gasteiger partial charge on any atom is -0.351 e. The molecule has 1 aliphatic heterocycles. The number of amides is 1. The van der Waals surface area contributed by atoms with E-state index in [0.29, 0.717) is 12.1 Å². The van der Waals surface area contributed by atoms with Gasteiger partial charge in [0.05, 0.1) is 5.41 Å². The van der Waals surface area contributed by atoms with Gasteiger partial charge in [-0.25, -0.2) is 8.78 Å². The number of carbonyl (C=O) groups excluding carboxylic acids is 1. The number of carbonyl (C=O) groups is 1. The normalized spacial score (nSPS) is 21.9. The van der Waals surface area contributed by atoms with Crippen molar-refractivity contribution >= 4 is 18.3 Å². The molecule has 1 unspecified atom stereocenters. The Bertz CT molecular complexity index is 476. The molecule has 1 heterocycles. The summed E-state index contributed by atoms with van der Waals surface area (Å²) in [6.07, 6.45) is 1.77. The summed E-state index contributed by atoms with van der Waals surface area (Å²) in [4.78, 5) is 12.1. The zero-order chi connectivity index (χ0) is 13.9. The maximum atomic E-state index is 13.4. The zero-order valence-corrected chi connectivity index (χ0v) is 12.2. The van der Waals surface area contributed by atoms with Crippen LogP contribution in [0.2, 0.25) is 0 Å². The molecule has 2 N–H and O–H groups in total. The number of hydrogen-bond donors (Lipinski definition) is 2. The third-order valence-electron chi connectivity index (χ3n) is 3.60. The highest BCUT2D eigenvalue weighted by Gasteiger charge is 2.34. The Morgan fingerprint density at radius 2 is 2.20 bits per heavy atom. The van der Waals surface area contributed by atoms with Gasteiger partial charge in [0, 0.05) is 24.7 Å². The van der Waals surface area contributed by atoms with Crippen LogP contribution in [0.1, 0.15) is 25.3 Å². The van der Waals surface area contributed by atoms with Crippen LogP contribution in [0.5, 0.6) is 0 Å². The van der Waals surface area contributed by atoms with Crippen LogP contribution in [-0.2, 0) is 11.3 Å². The van der Waals surface area contributed by atoms with Crippen molar-refractivity contribution in [2.45, 2.75) is 26.3 Å². The quantitative estimate of drug-likeness (QED) is 0.900. The highest BCUT2D eigenvalue weighted by Crippen LogP contribution is 2.25. The molecule has 1 aliphatic rings. The Morgan fingerprint density at radius 3 is 2.80 bits per heavy atom. The maximum absolute atomic E-state index is 13.4. The Labute approximate surface area is 123 Å². The number of piperidine rings is 1.